The number of carbonyl (C=O) groups excluding carboxylic acids is 1. The molecule has 40 heavy (non-hydrogen) atoms. The lowest BCUT2D eigenvalue weighted by atomic mass is 9.91. The molecule has 2 aromatic rings. The predicted octanol–water partition coefficient (Wildman–Crippen LogP) is 2.66. The van der Waals surface area contributed by atoms with Crippen LogP contribution in [-0.2, 0) is 16.0 Å². The van der Waals surface area contributed by atoms with Crippen molar-refractivity contribution >= 4 is 17.7 Å². The zero-order valence-electron chi connectivity index (χ0n) is 23.6. The number of aliphatic hydroxyl groups excluding tert-OH is 3. The molecule has 0 saturated carbocycles. The van der Waals surface area contributed by atoms with Crippen molar-refractivity contribution in [3.8, 4) is 18.1 Å². The molecule has 9 heteroatoms. The molecule has 0 aromatic heterocycles. The van der Waals surface area contributed by atoms with E-state index in [1.54, 1.807) is 6.26 Å². The number of unbranched alkanes of at least 4 members (excludes halogenated alkanes) is 1. The molecule has 2 aromatic carbocycles. The second-order valence-electron chi connectivity index (χ2n) is 10.2. The molecule has 1 amide bonds. The number of ether oxygens (including phenoxy) is 2. The van der Waals surface area contributed by atoms with Crippen molar-refractivity contribution in [2.75, 3.05) is 39.5 Å². The van der Waals surface area contributed by atoms with E-state index in [0.717, 1.165) is 47.4 Å². The summed E-state index contributed by atoms with van der Waals surface area (Å²) >= 11 is 1.30. The summed E-state index contributed by atoms with van der Waals surface area (Å²) in [7, 11) is 1.93. The maximum atomic E-state index is 12.0. The third-order valence-electron chi connectivity index (χ3n) is 7.07. The fourth-order valence-corrected chi connectivity index (χ4v) is 5.26. The number of terminal acetylenes is 1. The van der Waals surface area contributed by atoms with Crippen LogP contribution in [0.2, 0.25) is 0 Å². The highest BCUT2D eigenvalue weighted by molar-refractivity contribution is 7.99. The van der Waals surface area contributed by atoms with Crippen molar-refractivity contribution in [1.82, 2.24) is 10.2 Å². The molecule has 0 aliphatic carbocycles. The first-order valence-corrected chi connectivity index (χ1v) is 14.9. The number of nitrogens with one attached hydrogen (secondary N) is 1. The number of hydrogen-bond acceptors (Lipinski definition) is 8. The van der Waals surface area contributed by atoms with Gasteiger partial charge in [0, 0.05) is 19.5 Å². The number of aliphatic hydroxyl groups is 3. The Labute approximate surface area is 242 Å². The van der Waals surface area contributed by atoms with E-state index in [0.29, 0.717) is 32.5 Å². The topological polar surface area (TPSA) is 111 Å². The van der Waals surface area contributed by atoms with E-state index in [1.807, 2.05) is 61.3 Å². The molecule has 4 N–H and O–H groups in total. The van der Waals surface area contributed by atoms with Crippen LogP contribution in [0.4, 0.5) is 0 Å². The van der Waals surface area contributed by atoms with Gasteiger partial charge in [0.1, 0.15) is 35.6 Å². The third-order valence-corrected chi connectivity index (χ3v) is 7.92. The van der Waals surface area contributed by atoms with Crippen LogP contribution in [0.15, 0.2) is 42.5 Å². The molecule has 0 unspecified atom stereocenters. The Morgan fingerprint density at radius 1 is 1.12 bits per heavy atom. The van der Waals surface area contributed by atoms with E-state index in [9.17, 15) is 20.1 Å². The Morgan fingerprint density at radius 3 is 2.58 bits per heavy atom. The molecule has 1 aliphatic heterocycles. The molecule has 218 valence electrons. The van der Waals surface area contributed by atoms with Crippen molar-refractivity contribution < 1.29 is 29.6 Å². The smallest absolute Gasteiger partial charge is 0.220 e. The number of rotatable bonds is 14. The van der Waals surface area contributed by atoms with Gasteiger partial charge in [0.2, 0.25) is 5.91 Å². The maximum Gasteiger partial charge on any atom is 0.220 e. The highest BCUT2D eigenvalue weighted by Crippen LogP contribution is 2.36. The number of carbonyl (C=O) groups is 1. The van der Waals surface area contributed by atoms with E-state index < -0.39 is 29.9 Å². The van der Waals surface area contributed by atoms with Gasteiger partial charge in [-0.3, -0.25) is 9.69 Å². The fraction of sp³-hybridized carbons (Fsp3) is 0.516. The Hall–Kier alpha value is -2.58. The quantitative estimate of drug-likeness (QED) is 0.203. The largest absolute Gasteiger partial charge is 0.494 e. The Morgan fingerprint density at radius 2 is 1.88 bits per heavy atom. The van der Waals surface area contributed by atoms with Gasteiger partial charge in [-0.1, -0.05) is 36.3 Å². The third kappa shape index (κ3) is 9.23. The van der Waals surface area contributed by atoms with Crippen molar-refractivity contribution in [2.45, 2.75) is 62.5 Å². The van der Waals surface area contributed by atoms with E-state index in [2.05, 4.69) is 11.2 Å². The van der Waals surface area contributed by atoms with Gasteiger partial charge in [-0.25, -0.2) is 0 Å². The number of aryl methyl sites for hydroxylation is 1. The van der Waals surface area contributed by atoms with Gasteiger partial charge in [0.15, 0.2) is 0 Å². The fourth-order valence-electron chi connectivity index (χ4n) is 4.59. The van der Waals surface area contributed by atoms with E-state index in [-0.39, 0.29) is 5.91 Å². The normalized spacial score (nSPS) is 22.6. The van der Waals surface area contributed by atoms with Gasteiger partial charge in [-0.15, -0.1) is 18.2 Å². The van der Waals surface area contributed by atoms with Crippen LogP contribution in [0.25, 0.3) is 0 Å². The van der Waals surface area contributed by atoms with Crippen molar-refractivity contribution in [2.24, 2.45) is 0 Å². The predicted molar refractivity (Wildman–Crippen MR) is 158 cm³/mol. The number of thioether (sulfide) groups is 1. The van der Waals surface area contributed by atoms with E-state index in [4.69, 9.17) is 15.9 Å². The lowest BCUT2D eigenvalue weighted by molar-refractivity contribution is -0.200. The first-order valence-electron chi connectivity index (χ1n) is 13.7. The minimum absolute atomic E-state index is 0.0419. The first kappa shape index (κ1) is 31.9. The molecule has 5 atom stereocenters. The number of hydrogen-bond donors (Lipinski definition) is 4. The second-order valence-corrected chi connectivity index (χ2v) is 11.2. The molecule has 1 saturated heterocycles. The standard InChI is InChI=1S/C31H42N2O6S/c1-5-16-33(3)17-15-32-26(34)8-6-7-18-38-25-13-10-22(11-14-25)19-24-20-23(12-9-21(24)2)30-28(36)27(35)29(37)31(39-30)40-4/h1,9-14,20,27-31,35-37H,6-8,15-19H2,2-4H3,(H,32,34)/t27-,28-,29+,30+,31-/m1/s1. The molecule has 0 radical (unpaired) electrons. The van der Waals surface area contributed by atoms with Crippen molar-refractivity contribution in [1.29, 1.82) is 0 Å². The molecular weight excluding hydrogens is 528 g/mol. The van der Waals surface area contributed by atoms with Crippen molar-refractivity contribution in [3.05, 3.63) is 64.7 Å². The van der Waals surface area contributed by atoms with Gasteiger partial charge >= 0.3 is 0 Å². The number of likely N-dealkylation sites (N-methyl/N-ethyl adjacent to an activating group) is 1. The molecule has 1 aliphatic rings. The highest BCUT2D eigenvalue weighted by atomic mass is 32.2. The van der Waals surface area contributed by atoms with Gasteiger partial charge in [-0.2, -0.15) is 0 Å². The summed E-state index contributed by atoms with van der Waals surface area (Å²) in [6.07, 6.45) is 5.42. The summed E-state index contributed by atoms with van der Waals surface area (Å²) in [5, 5.41) is 34.0. The molecule has 0 bridgehead atoms. The van der Waals surface area contributed by atoms with Crippen LogP contribution < -0.4 is 10.1 Å². The maximum absolute atomic E-state index is 12.0. The average molecular weight is 571 g/mol. The zero-order chi connectivity index (χ0) is 29.1. The summed E-state index contributed by atoms with van der Waals surface area (Å²) in [6, 6.07) is 13.8. The monoisotopic (exact) mass is 570 g/mol. The van der Waals surface area contributed by atoms with Gasteiger partial charge in [0.05, 0.1) is 13.2 Å². The average Bonchev–Trinajstić information content (AvgIpc) is 2.94. The first-order chi connectivity index (χ1) is 19.2. The lowest BCUT2D eigenvalue weighted by Crippen LogP contribution is -2.52. The summed E-state index contributed by atoms with van der Waals surface area (Å²) in [6.45, 7) is 4.46. The molecule has 1 heterocycles. The van der Waals surface area contributed by atoms with Crippen LogP contribution in [0.3, 0.4) is 0 Å². The lowest BCUT2D eigenvalue weighted by Gasteiger charge is -2.40. The number of amides is 1. The number of nitrogens with zero attached hydrogens (tertiary/aromatic N) is 1. The number of benzene rings is 2. The molecule has 0 spiro atoms. The van der Waals surface area contributed by atoms with E-state index in [1.165, 1.54) is 11.8 Å². The summed E-state index contributed by atoms with van der Waals surface area (Å²) in [4.78, 5) is 13.9. The van der Waals surface area contributed by atoms with Gasteiger partial charge < -0.3 is 30.1 Å². The van der Waals surface area contributed by atoms with Crippen LogP contribution in [0.1, 0.15) is 47.6 Å². The Kier molecular flexibility index (Phi) is 12.8. The van der Waals surface area contributed by atoms with Crippen LogP contribution in [0, 0.1) is 19.3 Å². The summed E-state index contributed by atoms with van der Waals surface area (Å²) in [5.74, 6) is 3.40. The highest BCUT2D eigenvalue weighted by Gasteiger charge is 2.44. The molecule has 1 fully saturated rings. The Balaban J connectivity index is 1.45. The molecule has 3 rings (SSSR count). The zero-order valence-corrected chi connectivity index (χ0v) is 24.4. The SMILES string of the molecule is C#CCN(C)CCNC(=O)CCCCOc1ccc(Cc2cc([C@@H]3O[C@H](SC)[C@@H](O)[C@H](O)[C@H]3O)ccc2C)cc1. The summed E-state index contributed by atoms with van der Waals surface area (Å²) < 4.78 is 11.8. The van der Waals surface area contributed by atoms with E-state index >= 15 is 0 Å². The summed E-state index contributed by atoms with van der Waals surface area (Å²) in [5.41, 5.74) is 3.46. The molecule has 8 nitrogen and oxygen atoms in total. The van der Waals surface area contributed by atoms with Crippen LogP contribution in [-0.4, -0.2) is 89.4 Å². The van der Waals surface area contributed by atoms with Gasteiger partial charge in [0.25, 0.3) is 0 Å². The minimum atomic E-state index is -1.28. The minimum Gasteiger partial charge on any atom is -0.494 e. The Bertz CT molecular complexity index is 1120. The molecular formula is C31H42N2O6S. The second kappa shape index (κ2) is 16.0. The van der Waals surface area contributed by atoms with Crippen LogP contribution >= 0.6 is 11.8 Å². The van der Waals surface area contributed by atoms with Crippen LogP contribution in [0.5, 0.6) is 5.75 Å². The van der Waals surface area contributed by atoms with Gasteiger partial charge in [-0.05, 0) is 73.9 Å². The van der Waals surface area contributed by atoms with Crippen molar-refractivity contribution in [3.63, 3.8) is 0 Å².